The van der Waals surface area contributed by atoms with Crippen molar-refractivity contribution < 1.29 is 10.2 Å². The second-order valence-corrected chi connectivity index (χ2v) is 5.93. The molecular formula is C15H22O2. The summed E-state index contributed by atoms with van der Waals surface area (Å²) in [6.07, 6.45) is 3.60. The quantitative estimate of drug-likeness (QED) is 0.825. The van der Waals surface area contributed by atoms with Crippen LogP contribution in [0, 0.1) is 11.8 Å². The molecule has 0 amide bonds. The van der Waals surface area contributed by atoms with E-state index in [2.05, 4.69) is 13.8 Å². The molecule has 2 nitrogen and oxygen atoms in total. The number of phenols is 1. The van der Waals surface area contributed by atoms with Crippen molar-refractivity contribution in [1.29, 1.82) is 0 Å². The van der Waals surface area contributed by atoms with E-state index >= 15 is 0 Å². The molecule has 0 radical (unpaired) electrons. The van der Waals surface area contributed by atoms with Gasteiger partial charge in [-0.25, -0.2) is 0 Å². The highest BCUT2D eigenvalue weighted by molar-refractivity contribution is 5.28. The first-order chi connectivity index (χ1) is 7.97. The van der Waals surface area contributed by atoms with Crippen LogP contribution in [0.4, 0.5) is 0 Å². The Hall–Kier alpha value is -1.02. The van der Waals surface area contributed by atoms with Crippen LogP contribution < -0.4 is 0 Å². The van der Waals surface area contributed by atoms with Gasteiger partial charge in [0.05, 0.1) is 5.60 Å². The minimum absolute atomic E-state index is 0.281. The minimum Gasteiger partial charge on any atom is -0.508 e. The molecule has 2 atom stereocenters. The predicted molar refractivity (Wildman–Crippen MR) is 68.9 cm³/mol. The summed E-state index contributed by atoms with van der Waals surface area (Å²) in [6, 6.07) is 7.23. The molecule has 1 aromatic rings. The lowest BCUT2D eigenvalue weighted by Gasteiger charge is -2.39. The molecule has 1 saturated carbocycles. The molecule has 0 spiro atoms. The second kappa shape index (κ2) is 4.69. The lowest BCUT2D eigenvalue weighted by Crippen LogP contribution is -2.39. The van der Waals surface area contributed by atoms with Crippen molar-refractivity contribution in [2.75, 3.05) is 0 Å². The van der Waals surface area contributed by atoms with Gasteiger partial charge in [0.25, 0.3) is 0 Å². The molecule has 0 heterocycles. The fourth-order valence-electron chi connectivity index (χ4n) is 3.42. The van der Waals surface area contributed by atoms with E-state index in [-0.39, 0.29) is 5.75 Å². The Morgan fingerprint density at radius 3 is 2.47 bits per heavy atom. The van der Waals surface area contributed by atoms with E-state index in [1.807, 2.05) is 12.1 Å². The monoisotopic (exact) mass is 234 g/mol. The smallest absolute Gasteiger partial charge is 0.115 e. The predicted octanol–water partition coefficient (Wildman–Crippen LogP) is 3.12. The minimum atomic E-state index is -0.592. The Kier molecular flexibility index (Phi) is 3.43. The van der Waals surface area contributed by atoms with Crippen LogP contribution in [-0.4, -0.2) is 15.8 Å². The molecular weight excluding hydrogens is 212 g/mol. The summed E-state index contributed by atoms with van der Waals surface area (Å²) < 4.78 is 0. The van der Waals surface area contributed by atoms with Crippen LogP contribution in [0.25, 0.3) is 0 Å². The fraction of sp³-hybridized carbons (Fsp3) is 0.600. The number of hydrogen-bond acceptors (Lipinski definition) is 2. The van der Waals surface area contributed by atoms with E-state index in [1.165, 1.54) is 6.42 Å². The summed E-state index contributed by atoms with van der Waals surface area (Å²) in [6.45, 7) is 4.42. The molecule has 1 aliphatic carbocycles. The molecule has 0 bridgehead atoms. The zero-order chi connectivity index (χ0) is 12.5. The molecule has 0 saturated heterocycles. The molecule has 17 heavy (non-hydrogen) atoms. The molecule has 1 aromatic carbocycles. The summed E-state index contributed by atoms with van der Waals surface area (Å²) in [5, 5.41) is 20.1. The molecule has 2 heteroatoms. The van der Waals surface area contributed by atoms with Crippen molar-refractivity contribution >= 4 is 0 Å². The molecule has 0 aliphatic heterocycles. The van der Waals surface area contributed by atoms with E-state index in [0.29, 0.717) is 18.3 Å². The highest BCUT2D eigenvalue weighted by atomic mass is 16.3. The van der Waals surface area contributed by atoms with Gasteiger partial charge in [0.1, 0.15) is 5.75 Å². The Morgan fingerprint density at radius 1 is 1.24 bits per heavy atom. The summed E-state index contributed by atoms with van der Waals surface area (Å²) in [5.41, 5.74) is 0.430. The number of benzene rings is 1. The number of hydrogen-bond donors (Lipinski definition) is 2. The summed E-state index contributed by atoms with van der Waals surface area (Å²) >= 11 is 0. The van der Waals surface area contributed by atoms with Gasteiger partial charge in [0.15, 0.2) is 0 Å². The third kappa shape index (κ3) is 3.22. The van der Waals surface area contributed by atoms with Gasteiger partial charge in [-0.2, -0.15) is 0 Å². The van der Waals surface area contributed by atoms with Crippen molar-refractivity contribution in [3.8, 4) is 5.75 Å². The largest absolute Gasteiger partial charge is 0.508 e. The standard InChI is InChI=1S/C15H22O2/c1-11-6-12(2)9-15(17,8-11)10-13-4-3-5-14(16)7-13/h3-5,7,11-12,16-17H,6,8-10H2,1-2H3. The van der Waals surface area contributed by atoms with E-state index in [0.717, 1.165) is 18.4 Å². The highest BCUT2D eigenvalue weighted by Crippen LogP contribution is 2.38. The van der Waals surface area contributed by atoms with Gasteiger partial charge in [-0.3, -0.25) is 0 Å². The van der Waals surface area contributed by atoms with Crippen molar-refractivity contribution in [3.05, 3.63) is 29.8 Å². The third-order valence-corrected chi connectivity index (χ3v) is 3.71. The molecule has 1 fully saturated rings. The normalized spacial score (nSPS) is 33.6. The van der Waals surface area contributed by atoms with Gasteiger partial charge in [-0.1, -0.05) is 26.0 Å². The van der Waals surface area contributed by atoms with Gasteiger partial charge in [0.2, 0.25) is 0 Å². The first-order valence-electron chi connectivity index (χ1n) is 6.47. The van der Waals surface area contributed by atoms with Gasteiger partial charge in [-0.15, -0.1) is 0 Å². The first kappa shape index (κ1) is 12.4. The number of rotatable bonds is 2. The average Bonchev–Trinajstić information content (AvgIpc) is 2.13. The van der Waals surface area contributed by atoms with Crippen molar-refractivity contribution in [3.63, 3.8) is 0 Å². The molecule has 0 aromatic heterocycles. The lowest BCUT2D eigenvalue weighted by molar-refractivity contribution is -0.0304. The van der Waals surface area contributed by atoms with Gasteiger partial charge in [0, 0.05) is 6.42 Å². The maximum absolute atomic E-state index is 10.7. The SMILES string of the molecule is CC1CC(C)CC(O)(Cc2cccc(O)c2)C1. The fourth-order valence-corrected chi connectivity index (χ4v) is 3.42. The molecule has 2 N–H and O–H groups in total. The zero-order valence-electron chi connectivity index (χ0n) is 10.7. The van der Waals surface area contributed by atoms with Gasteiger partial charge in [-0.05, 0) is 48.8 Å². The second-order valence-electron chi connectivity index (χ2n) is 5.93. The van der Waals surface area contributed by atoms with Gasteiger partial charge >= 0.3 is 0 Å². The first-order valence-corrected chi connectivity index (χ1v) is 6.47. The Balaban J connectivity index is 2.11. The summed E-state index contributed by atoms with van der Waals surface area (Å²) in [5.74, 6) is 1.45. The Bertz CT molecular complexity index is 376. The number of aliphatic hydroxyl groups is 1. The zero-order valence-corrected chi connectivity index (χ0v) is 10.7. The van der Waals surface area contributed by atoms with Gasteiger partial charge < -0.3 is 10.2 Å². The van der Waals surface area contributed by atoms with E-state index in [9.17, 15) is 10.2 Å². The number of phenolic OH excluding ortho intramolecular Hbond substituents is 1. The van der Waals surface area contributed by atoms with E-state index < -0.39 is 5.60 Å². The van der Waals surface area contributed by atoms with Crippen LogP contribution in [0.5, 0.6) is 5.75 Å². The third-order valence-electron chi connectivity index (χ3n) is 3.71. The molecule has 94 valence electrons. The molecule has 1 aliphatic rings. The van der Waals surface area contributed by atoms with Crippen LogP contribution in [0.2, 0.25) is 0 Å². The van der Waals surface area contributed by atoms with Crippen LogP contribution in [0.3, 0.4) is 0 Å². The summed E-state index contributed by atoms with van der Waals surface area (Å²) in [7, 11) is 0. The van der Waals surface area contributed by atoms with Crippen LogP contribution >= 0.6 is 0 Å². The highest BCUT2D eigenvalue weighted by Gasteiger charge is 2.35. The maximum Gasteiger partial charge on any atom is 0.115 e. The van der Waals surface area contributed by atoms with Crippen molar-refractivity contribution in [1.82, 2.24) is 0 Å². The molecule has 2 unspecified atom stereocenters. The van der Waals surface area contributed by atoms with Crippen molar-refractivity contribution in [2.45, 2.75) is 45.1 Å². The molecule has 2 rings (SSSR count). The topological polar surface area (TPSA) is 40.5 Å². The average molecular weight is 234 g/mol. The number of aromatic hydroxyl groups is 1. The van der Waals surface area contributed by atoms with E-state index in [4.69, 9.17) is 0 Å². The van der Waals surface area contributed by atoms with E-state index in [1.54, 1.807) is 12.1 Å². The summed E-state index contributed by atoms with van der Waals surface area (Å²) in [4.78, 5) is 0. The van der Waals surface area contributed by atoms with Crippen LogP contribution in [-0.2, 0) is 6.42 Å². The van der Waals surface area contributed by atoms with Crippen LogP contribution in [0.1, 0.15) is 38.7 Å². The Morgan fingerprint density at radius 2 is 1.88 bits per heavy atom. The van der Waals surface area contributed by atoms with Crippen molar-refractivity contribution in [2.24, 2.45) is 11.8 Å². The maximum atomic E-state index is 10.7. The van der Waals surface area contributed by atoms with Crippen LogP contribution in [0.15, 0.2) is 24.3 Å². The Labute approximate surface area is 103 Å². The lowest BCUT2D eigenvalue weighted by atomic mass is 9.71.